The molecule has 162 valence electrons. The van der Waals surface area contributed by atoms with Gasteiger partial charge in [0.25, 0.3) is 0 Å². The van der Waals surface area contributed by atoms with E-state index in [9.17, 15) is 4.79 Å². The van der Waals surface area contributed by atoms with E-state index in [2.05, 4.69) is 54.8 Å². The third-order valence-electron chi connectivity index (χ3n) is 7.44. The second-order valence-corrected chi connectivity index (χ2v) is 10.2. The van der Waals surface area contributed by atoms with E-state index in [-0.39, 0.29) is 29.9 Å². The van der Waals surface area contributed by atoms with Crippen LogP contribution in [0.4, 0.5) is 0 Å². The van der Waals surface area contributed by atoms with E-state index in [4.69, 9.17) is 9.73 Å². The van der Waals surface area contributed by atoms with Crippen LogP contribution in [0.5, 0.6) is 0 Å². The molecule has 32 heavy (non-hydrogen) atoms. The molecule has 2 bridgehead atoms. The second-order valence-electron chi connectivity index (χ2n) is 9.14. The van der Waals surface area contributed by atoms with E-state index in [0.29, 0.717) is 13.0 Å². The number of nitrogens with zero attached hydrogens (tertiary/aromatic N) is 2. The van der Waals surface area contributed by atoms with Gasteiger partial charge in [0.05, 0.1) is 12.3 Å². The molecule has 6 rings (SSSR count). The molecule has 3 aliphatic rings. The van der Waals surface area contributed by atoms with Gasteiger partial charge in [0.15, 0.2) is 12.0 Å². The van der Waals surface area contributed by atoms with Crippen molar-refractivity contribution >= 4 is 23.0 Å². The van der Waals surface area contributed by atoms with Gasteiger partial charge in [-0.3, -0.25) is 9.79 Å². The summed E-state index contributed by atoms with van der Waals surface area (Å²) in [6.45, 7) is 2.81. The van der Waals surface area contributed by atoms with Crippen LogP contribution in [0, 0.1) is 11.8 Å². The minimum atomic E-state index is -0.746. The van der Waals surface area contributed by atoms with Crippen LogP contribution in [-0.4, -0.2) is 22.2 Å². The highest BCUT2D eigenvalue weighted by atomic mass is 32.1. The molecule has 1 saturated carbocycles. The van der Waals surface area contributed by atoms with Gasteiger partial charge in [-0.15, -0.1) is 11.3 Å². The molecule has 0 radical (unpaired) electrons. The topological polar surface area (TPSA) is 41.9 Å². The number of likely N-dealkylation sites (tertiary alicyclic amines) is 1. The van der Waals surface area contributed by atoms with Gasteiger partial charge in [-0.1, -0.05) is 73.7 Å². The van der Waals surface area contributed by atoms with E-state index in [1.54, 1.807) is 11.3 Å². The van der Waals surface area contributed by atoms with Gasteiger partial charge >= 0.3 is 0 Å². The number of benzene rings is 2. The van der Waals surface area contributed by atoms with Crippen molar-refractivity contribution in [3.63, 3.8) is 0 Å². The summed E-state index contributed by atoms with van der Waals surface area (Å²) in [6, 6.07) is 24.9. The zero-order valence-electron chi connectivity index (χ0n) is 18.1. The second kappa shape index (κ2) is 7.68. The lowest BCUT2D eigenvalue weighted by atomic mass is 9.78. The molecule has 2 fully saturated rings. The Hall–Kier alpha value is -2.76. The number of aliphatic imine (C=N–C) groups is 1. The molecule has 3 heterocycles. The largest absolute Gasteiger partial charge is 0.321 e. The van der Waals surface area contributed by atoms with Gasteiger partial charge in [-0.25, -0.2) is 0 Å². The first-order valence-corrected chi connectivity index (χ1v) is 12.2. The summed E-state index contributed by atoms with van der Waals surface area (Å²) in [5.74, 6) is 0.616. The summed E-state index contributed by atoms with van der Waals surface area (Å²) < 4.78 is 6.78. The molecule has 2 aliphatic heterocycles. The summed E-state index contributed by atoms with van der Waals surface area (Å²) >= 11 is 1.69. The molecule has 1 amide bonds. The summed E-state index contributed by atoms with van der Waals surface area (Å²) in [5, 5.41) is 2.07. The molecule has 2 aromatic carbocycles. The maximum atomic E-state index is 13.8. The Bertz CT molecular complexity index is 1140. The monoisotopic (exact) mass is 442 g/mol. The number of fused-ring (bicyclic) bond motifs is 1. The summed E-state index contributed by atoms with van der Waals surface area (Å²) in [5.41, 5.74) is 2.60. The zero-order valence-corrected chi connectivity index (χ0v) is 18.9. The third-order valence-corrected chi connectivity index (χ3v) is 8.30. The quantitative estimate of drug-likeness (QED) is 0.513. The Labute approximate surface area is 192 Å². The van der Waals surface area contributed by atoms with E-state index in [1.165, 1.54) is 10.4 Å². The van der Waals surface area contributed by atoms with Crippen LogP contribution in [0.2, 0.25) is 0 Å². The van der Waals surface area contributed by atoms with Crippen LogP contribution in [0.1, 0.15) is 47.9 Å². The maximum Gasteiger partial charge on any atom is 0.229 e. The fraction of sp³-hybridized carbons (Fsp3) is 0.333. The van der Waals surface area contributed by atoms with Crippen LogP contribution < -0.4 is 0 Å². The van der Waals surface area contributed by atoms with E-state index in [0.717, 1.165) is 17.7 Å². The smallest absolute Gasteiger partial charge is 0.229 e. The molecule has 5 atom stereocenters. The number of amides is 1. The summed E-state index contributed by atoms with van der Waals surface area (Å²) in [6.07, 6.45) is 1.14. The number of thiophene rings is 1. The highest BCUT2D eigenvalue weighted by Gasteiger charge is 2.62. The molecule has 1 saturated heterocycles. The molecule has 0 unspecified atom stereocenters. The predicted molar refractivity (Wildman–Crippen MR) is 126 cm³/mol. The van der Waals surface area contributed by atoms with Gasteiger partial charge in [0.2, 0.25) is 5.91 Å². The van der Waals surface area contributed by atoms with Crippen LogP contribution in [0.25, 0.3) is 0 Å². The van der Waals surface area contributed by atoms with Gasteiger partial charge in [-0.2, -0.15) is 0 Å². The molecular formula is C27H26N2O2S. The Kier molecular flexibility index (Phi) is 4.77. The molecule has 5 heteroatoms. The SMILES string of the molecule is C[C@H]1[C@@H]2C[C@@]3(O[C@H](c4ccccc4)N=C3C[C@@H]1c1ccccc1)N(Cc1cccs1)C2=O. The normalized spacial score (nSPS) is 31.3. The fourth-order valence-corrected chi connectivity index (χ4v) is 6.42. The molecule has 1 aromatic heterocycles. The first-order valence-electron chi connectivity index (χ1n) is 11.3. The number of hydrogen-bond acceptors (Lipinski definition) is 4. The first kappa shape index (κ1) is 19.9. The van der Waals surface area contributed by atoms with Crippen molar-refractivity contribution in [1.82, 2.24) is 4.90 Å². The number of carbonyl (C=O) groups excluding carboxylic acids is 1. The summed E-state index contributed by atoms with van der Waals surface area (Å²) in [7, 11) is 0. The first-order chi connectivity index (χ1) is 15.7. The number of carbonyl (C=O) groups is 1. The average Bonchev–Trinajstić information content (AvgIpc) is 3.52. The van der Waals surface area contributed by atoms with Crippen molar-refractivity contribution in [2.24, 2.45) is 16.8 Å². The lowest BCUT2D eigenvalue weighted by molar-refractivity contribution is -0.150. The Morgan fingerprint density at radius 1 is 1.00 bits per heavy atom. The van der Waals surface area contributed by atoms with Crippen molar-refractivity contribution in [3.05, 3.63) is 94.2 Å². The Balaban J connectivity index is 1.45. The summed E-state index contributed by atoms with van der Waals surface area (Å²) in [4.78, 5) is 22.1. The van der Waals surface area contributed by atoms with E-state index >= 15 is 0 Å². The van der Waals surface area contributed by atoms with Crippen LogP contribution in [-0.2, 0) is 16.1 Å². The molecule has 3 aromatic rings. The van der Waals surface area contributed by atoms with Gasteiger partial charge < -0.3 is 9.64 Å². The zero-order chi connectivity index (χ0) is 21.7. The minimum absolute atomic E-state index is 0.0672. The van der Waals surface area contributed by atoms with Crippen molar-refractivity contribution in [2.45, 2.75) is 44.2 Å². The highest BCUT2D eigenvalue weighted by molar-refractivity contribution is 7.09. The average molecular weight is 443 g/mol. The number of ether oxygens (including phenoxy) is 1. The maximum absolute atomic E-state index is 13.8. The standard InChI is InChI=1S/C27H26N2O2S/c1-18-22(19-9-4-2-5-10-19)15-24-27(31-25(28-24)20-11-6-3-7-12-20)16-23(18)26(30)29(27)17-21-13-8-14-32-21/h2-14,18,22-23,25H,15-17H2,1H3/t18-,22+,23+,25-,27+/m1/s1. The van der Waals surface area contributed by atoms with Gasteiger partial charge in [0.1, 0.15) is 0 Å². The van der Waals surface area contributed by atoms with Gasteiger partial charge in [-0.05, 0) is 35.3 Å². The lowest BCUT2D eigenvalue weighted by Gasteiger charge is -2.37. The van der Waals surface area contributed by atoms with Crippen molar-refractivity contribution in [1.29, 1.82) is 0 Å². The van der Waals surface area contributed by atoms with E-state index in [1.807, 2.05) is 35.2 Å². The Morgan fingerprint density at radius 3 is 2.41 bits per heavy atom. The number of hydrogen-bond donors (Lipinski definition) is 0. The molecule has 1 spiro atoms. The van der Waals surface area contributed by atoms with Crippen LogP contribution >= 0.6 is 11.3 Å². The van der Waals surface area contributed by atoms with Crippen molar-refractivity contribution < 1.29 is 9.53 Å². The van der Waals surface area contributed by atoms with Crippen molar-refractivity contribution in [3.8, 4) is 0 Å². The molecule has 4 nitrogen and oxygen atoms in total. The molecule has 0 N–H and O–H groups in total. The van der Waals surface area contributed by atoms with Crippen molar-refractivity contribution in [2.75, 3.05) is 0 Å². The highest BCUT2D eigenvalue weighted by Crippen LogP contribution is 2.54. The minimum Gasteiger partial charge on any atom is -0.321 e. The number of rotatable bonds is 4. The Morgan fingerprint density at radius 2 is 1.72 bits per heavy atom. The fourth-order valence-electron chi connectivity index (χ4n) is 5.72. The molecule has 1 aliphatic carbocycles. The van der Waals surface area contributed by atoms with Gasteiger partial charge in [0, 0.05) is 22.8 Å². The third kappa shape index (κ3) is 3.06. The molecular weight excluding hydrogens is 416 g/mol. The van der Waals surface area contributed by atoms with E-state index < -0.39 is 5.72 Å². The predicted octanol–water partition coefficient (Wildman–Crippen LogP) is 5.79. The van der Waals surface area contributed by atoms with Crippen LogP contribution in [0.15, 0.2) is 83.2 Å². The lowest BCUT2D eigenvalue weighted by Crippen LogP contribution is -2.52. The van der Waals surface area contributed by atoms with Crippen LogP contribution in [0.3, 0.4) is 0 Å².